The van der Waals surface area contributed by atoms with E-state index in [-0.39, 0.29) is 41.9 Å². The van der Waals surface area contributed by atoms with Crippen molar-refractivity contribution in [2.24, 2.45) is 11.8 Å². The standard InChI is InChI=1S/C23H29F5N2O2/c1-22(24,25)18-9-16(10-19(13-18)23(26,27)28)12-20(31)11-15-4-7-30(8-5-15)21(32)17-3-2-6-29-14-17/h9-10,13,15,17,29H,2-8,11-12,14H2,1H3. The van der Waals surface area contributed by atoms with Gasteiger partial charge in [-0.05, 0) is 61.9 Å². The molecule has 0 aliphatic carbocycles. The Morgan fingerprint density at radius 2 is 1.69 bits per heavy atom. The predicted molar refractivity (Wildman–Crippen MR) is 109 cm³/mol. The zero-order valence-electron chi connectivity index (χ0n) is 18.1. The van der Waals surface area contributed by atoms with Gasteiger partial charge in [-0.1, -0.05) is 0 Å². The number of nitrogens with zero attached hydrogens (tertiary/aromatic N) is 1. The van der Waals surface area contributed by atoms with E-state index in [4.69, 9.17) is 0 Å². The summed E-state index contributed by atoms with van der Waals surface area (Å²) < 4.78 is 66.7. The van der Waals surface area contributed by atoms with Crippen molar-refractivity contribution in [1.82, 2.24) is 10.2 Å². The number of carbonyl (C=O) groups is 2. The van der Waals surface area contributed by atoms with Crippen LogP contribution in [0.3, 0.4) is 0 Å². The molecular weight excluding hydrogens is 431 g/mol. The van der Waals surface area contributed by atoms with E-state index in [9.17, 15) is 31.5 Å². The monoisotopic (exact) mass is 460 g/mol. The van der Waals surface area contributed by atoms with Crippen LogP contribution in [0.5, 0.6) is 0 Å². The molecule has 2 aliphatic rings. The van der Waals surface area contributed by atoms with E-state index in [0.717, 1.165) is 31.5 Å². The predicted octanol–water partition coefficient (Wildman–Crippen LogP) is 4.56. The summed E-state index contributed by atoms with van der Waals surface area (Å²) in [6, 6.07) is 2.18. The number of benzene rings is 1. The molecule has 4 nitrogen and oxygen atoms in total. The van der Waals surface area contributed by atoms with Crippen LogP contribution >= 0.6 is 0 Å². The summed E-state index contributed by atoms with van der Waals surface area (Å²) in [7, 11) is 0. The van der Waals surface area contributed by atoms with Crippen molar-refractivity contribution in [2.45, 2.75) is 57.5 Å². The van der Waals surface area contributed by atoms with Crippen LogP contribution in [0, 0.1) is 11.8 Å². The fourth-order valence-electron chi connectivity index (χ4n) is 4.51. The number of carbonyl (C=O) groups excluding carboxylic acids is 2. The highest BCUT2D eigenvalue weighted by Gasteiger charge is 2.35. The van der Waals surface area contributed by atoms with Crippen molar-refractivity contribution in [3.63, 3.8) is 0 Å². The number of ketones is 1. The third-order valence-electron chi connectivity index (χ3n) is 6.32. The summed E-state index contributed by atoms with van der Waals surface area (Å²) in [5.41, 5.74) is -1.98. The number of halogens is 5. The molecule has 1 amide bonds. The van der Waals surface area contributed by atoms with Crippen molar-refractivity contribution >= 4 is 11.7 Å². The lowest BCUT2D eigenvalue weighted by molar-refractivity contribution is -0.138. The average Bonchev–Trinajstić information content (AvgIpc) is 2.73. The largest absolute Gasteiger partial charge is 0.416 e. The van der Waals surface area contributed by atoms with Crippen molar-refractivity contribution in [2.75, 3.05) is 26.2 Å². The summed E-state index contributed by atoms with van der Waals surface area (Å²) in [6.07, 6.45) is -1.77. The molecule has 3 rings (SSSR count). The van der Waals surface area contributed by atoms with Crippen LogP contribution in [0.15, 0.2) is 18.2 Å². The molecule has 32 heavy (non-hydrogen) atoms. The molecule has 0 bridgehead atoms. The van der Waals surface area contributed by atoms with Gasteiger partial charge in [0.1, 0.15) is 5.78 Å². The number of rotatable bonds is 6. The third kappa shape index (κ3) is 6.49. The number of likely N-dealkylation sites (tertiary alicyclic amines) is 1. The Labute approximate surface area is 184 Å². The quantitative estimate of drug-likeness (QED) is 0.634. The molecule has 0 saturated carbocycles. The number of alkyl halides is 5. The summed E-state index contributed by atoms with van der Waals surface area (Å²) >= 11 is 0. The fraction of sp³-hybridized carbons (Fsp3) is 0.652. The molecule has 0 spiro atoms. The Morgan fingerprint density at radius 1 is 1.03 bits per heavy atom. The number of nitrogens with one attached hydrogen (secondary N) is 1. The lowest BCUT2D eigenvalue weighted by atomic mass is 9.88. The van der Waals surface area contributed by atoms with E-state index >= 15 is 0 Å². The molecule has 9 heteroatoms. The van der Waals surface area contributed by atoms with E-state index in [1.165, 1.54) is 0 Å². The summed E-state index contributed by atoms with van der Waals surface area (Å²) in [5, 5.41) is 3.23. The van der Waals surface area contributed by atoms with Gasteiger partial charge in [0.05, 0.1) is 11.5 Å². The second-order valence-electron chi connectivity index (χ2n) is 9.04. The third-order valence-corrected chi connectivity index (χ3v) is 6.32. The summed E-state index contributed by atoms with van der Waals surface area (Å²) in [4.78, 5) is 27.0. The number of piperidine rings is 2. The Hall–Kier alpha value is -2.03. The van der Waals surface area contributed by atoms with Crippen molar-refractivity contribution in [3.8, 4) is 0 Å². The minimum absolute atomic E-state index is 0.00580. The molecule has 1 N–H and O–H groups in total. The molecular formula is C23H29F5N2O2. The summed E-state index contributed by atoms with van der Waals surface area (Å²) in [5.74, 6) is -3.55. The van der Waals surface area contributed by atoms with Gasteiger partial charge < -0.3 is 10.2 Å². The SMILES string of the molecule is CC(F)(F)c1cc(CC(=O)CC2CCN(C(=O)C3CCCNC3)CC2)cc(C(F)(F)F)c1. The highest BCUT2D eigenvalue weighted by molar-refractivity contribution is 5.81. The van der Waals surface area contributed by atoms with E-state index in [2.05, 4.69) is 5.32 Å². The van der Waals surface area contributed by atoms with Gasteiger partial charge in [0, 0.05) is 45.0 Å². The smallest absolute Gasteiger partial charge is 0.342 e. The highest BCUT2D eigenvalue weighted by atomic mass is 19.4. The molecule has 2 fully saturated rings. The van der Waals surface area contributed by atoms with Gasteiger partial charge in [-0.15, -0.1) is 0 Å². The van der Waals surface area contributed by atoms with E-state index in [1.807, 2.05) is 4.90 Å². The van der Waals surface area contributed by atoms with Gasteiger partial charge in [0.2, 0.25) is 5.91 Å². The molecule has 1 unspecified atom stereocenters. The fourth-order valence-corrected chi connectivity index (χ4v) is 4.51. The van der Waals surface area contributed by atoms with Crippen molar-refractivity contribution in [1.29, 1.82) is 0 Å². The Bertz CT molecular complexity index is 788. The molecule has 1 aromatic carbocycles. The Morgan fingerprint density at radius 3 is 2.25 bits per heavy atom. The first-order valence-electron chi connectivity index (χ1n) is 11.0. The molecule has 1 aromatic rings. The number of hydrogen-bond acceptors (Lipinski definition) is 3. The minimum Gasteiger partial charge on any atom is -0.342 e. The van der Waals surface area contributed by atoms with Crippen molar-refractivity contribution < 1.29 is 31.5 Å². The zero-order chi connectivity index (χ0) is 23.5. The molecule has 2 aliphatic heterocycles. The maximum absolute atomic E-state index is 13.7. The second kappa shape index (κ2) is 9.85. The topological polar surface area (TPSA) is 49.4 Å². The maximum Gasteiger partial charge on any atom is 0.416 e. The summed E-state index contributed by atoms with van der Waals surface area (Å²) in [6.45, 7) is 3.27. The molecule has 2 heterocycles. The van der Waals surface area contributed by atoms with E-state index in [0.29, 0.717) is 45.5 Å². The normalized spacial score (nSPS) is 20.9. The second-order valence-corrected chi connectivity index (χ2v) is 9.04. The zero-order valence-corrected chi connectivity index (χ0v) is 18.1. The maximum atomic E-state index is 13.7. The van der Waals surface area contributed by atoms with Crippen LogP contribution in [-0.2, 0) is 28.1 Å². The van der Waals surface area contributed by atoms with Crippen LogP contribution in [0.4, 0.5) is 22.0 Å². The van der Waals surface area contributed by atoms with Gasteiger partial charge in [-0.3, -0.25) is 9.59 Å². The Balaban J connectivity index is 1.56. The number of Topliss-reactive ketones (excluding diaryl/α,β-unsaturated/α-hetero) is 1. The lowest BCUT2D eigenvalue weighted by Crippen LogP contribution is -2.46. The first-order chi connectivity index (χ1) is 14.9. The average molecular weight is 460 g/mol. The molecule has 0 radical (unpaired) electrons. The highest BCUT2D eigenvalue weighted by Crippen LogP contribution is 2.35. The molecule has 1 atom stereocenters. The molecule has 2 saturated heterocycles. The molecule has 178 valence electrons. The van der Waals surface area contributed by atoms with E-state index in [1.54, 1.807) is 0 Å². The van der Waals surface area contributed by atoms with Gasteiger partial charge >= 0.3 is 6.18 Å². The van der Waals surface area contributed by atoms with Crippen LogP contribution in [0.2, 0.25) is 0 Å². The van der Waals surface area contributed by atoms with Gasteiger partial charge in [0.25, 0.3) is 5.92 Å². The first-order valence-corrected chi connectivity index (χ1v) is 11.0. The van der Waals surface area contributed by atoms with Crippen LogP contribution in [0.1, 0.15) is 55.7 Å². The molecule has 0 aromatic heterocycles. The lowest BCUT2D eigenvalue weighted by Gasteiger charge is -2.35. The van der Waals surface area contributed by atoms with Crippen LogP contribution in [-0.4, -0.2) is 42.8 Å². The number of amides is 1. The van der Waals surface area contributed by atoms with Gasteiger partial charge in [0.15, 0.2) is 0 Å². The van der Waals surface area contributed by atoms with Crippen molar-refractivity contribution in [3.05, 3.63) is 34.9 Å². The Kier molecular flexibility index (Phi) is 7.57. The van der Waals surface area contributed by atoms with Gasteiger partial charge in [-0.25, -0.2) is 8.78 Å². The van der Waals surface area contributed by atoms with Gasteiger partial charge in [-0.2, -0.15) is 13.2 Å². The minimum atomic E-state index is -4.77. The van der Waals surface area contributed by atoms with Crippen LogP contribution < -0.4 is 5.32 Å². The van der Waals surface area contributed by atoms with E-state index < -0.39 is 23.2 Å². The first kappa shape index (κ1) is 24.6. The van der Waals surface area contributed by atoms with Crippen LogP contribution in [0.25, 0.3) is 0 Å². The number of hydrogen-bond donors (Lipinski definition) is 1.